The van der Waals surface area contributed by atoms with Crippen molar-refractivity contribution in [2.45, 2.75) is 44.6 Å². The zero-order valence-electron chi connectivity index (χ0n) is 21.3. The van der Waals surface area contributed by atoms with Crippen LogP contribution in [0.5, 0.6) is 0 Å². The number of thiophene rings is 1. The zero-order valence-corrected chi connectivity index (χ0v) is 22.1. The lowest BCUT2D eigenvalue weighted by Gasteiger charge is -2.41. The van der Waals surface area contributed by atoms with Crippen molar-refractivity contribution < 1.29 is 9.90 Å². The van der Waals surface area contributed by atoms with Crippen LogP contribution < -0.4 is 10.2 Å². The zero-order chi connectivity index (χ0) is 25.2. The van der Waals surface area contributed by atoms with Gasteiger partial charge in [-0.1, -0.05) is 19.8 Å². The van der Waals surface area contributed by atoms with Crippen molar-refractivity contribution in [1.82, 2.24) is 24.8 Å². The quantitative estimate of drug-likeness (QED) is 0.498. The number of carbonyl (C=O) groups excluding carboxylic acids is 1. The molecule has 0 unspecified atom stereocenters. The lowest BCUT2D eigenvalue weighted by atomic mass is 9.96. The Hall–Kier alpha value is -2.82. The van der Waals surface area contributed by atoms with Crippen LogP contribution >= 0.6 is 11.3 Å². The molecule has 3 aromatic heterocycles. The number of rotatable bonds is 7. The van der Waals surface area contributed by atoms with E-state index in [4.69, 9.17) is 4.98 Å². The average molecular weight is 510 g/mol. The van der Waals surface area contributed by atoms with Crippen LogP contribution in [0.3, 0.4) is 0 Å². The van der Waals surface area contributed by atoms with Gasteiger partial charge in [-0.2, -0.15) is 0 Å². The van der Waals surface area contributed by atoms with Gasteiger partial charge in [0.2, 0.25) is 5.95 Å². The Balaban J connectivity index is 1.37. The first kappa shape index (κ1) is 24.9. The first-order valence-electron chi connectivity index (χ1n) is 12.8. The van der Waals surface area contributed by atoms with E-state index in [1.807, 2.05) is 24.5 Å². The first-order chi connectivity index (χ1) is 17.5. The highest BCUT2D eigenvalue weighted by Gasteiger charge is 2.29. The molecular formula is C26H35N7O2S. The number of anilines is 3. The summed E-state index contributed by atoms with van der Waals surface area (Å²) < 4.78 is 0.945. The maximum Gasteiger partial charge on any atom is 0.263 e. The van der Waals surface area contributed by atoms with E-state index in [-0.39, 0.29) is 18.6 Å². The number of hydrogen-bond donors (Lipinski definition) is 2. The Bertz CT molecular complexity index is 1210. The maximum atomic E-state index is 12.9. The van der Waals surface area contributed by atoms with Crippen molar-refractivity contribution >= 4 is 44.9 Å². The molecule has 0 bridgehead atoms. The van der Waals surface area contributed by atoms with Gasteiger partial charge >= 0.3 is 0 Å². The average Bonchev–Trinajstić information content (AvgIpc) is 3.56. The molecule has 1 saturated heterocycles. The Morgan fingerprint density at radius 3 is 2.67 bits per heavy atom. The Labute approximate surface area is 216 Å². The van der Waals surface area contributed by atoms with Gasteiger partial charge in [-0.25, -0.2) is 15.0 Å². The number of nitrogens with zero attached hydrogens (tertiary/aromatic N) is 6. The SMILES string of the molecule is CCN1CCN(c2ccc(Nc3ncc4sc(C(=O)N(C)C)c(C5CCCC5)c4n3)nc2)C[C@H]1CO. The molecule has 1 amide bonds. The maximum absolute atomic E-state index is 12.9. The molecule has 1 saturated carbocycles. The number of amides is 1. The molecule has 0 radical (unpaired) electrons. The highest BCUT2D eigenvalue weighted by atomic mass is 32.1. The Kier molecular flexibility index (Phi) is 7.36. The molecule has 2 fully saturated rings. The fraction of sp³-hybridized carbons (Fsp3) is 0.538. The van der Waals surface area contributed by atoms with Crippen molar-refractivity contribution in [1.29, 1.82) is 0 Å². The molecule has 9 nitrogen and oxygen atoms in total. The molecule has 3 aromatic rings. The summed E-state index contributed by atoms with van der Waals surface area (Å²) in [6, 6.07) is 4.13. The number of aliphatic hydroxyl groups excluding tert-OH is 1. The monoisotopic (exact) mass is 509 g/mol. The number of pyridine rings is 1. The summed E-state index contributed by atoms with van der Waals surface area (Å²) in [5.41, 5.74) is 3.01. The van der Waals surface area contributed by atoms with Crippen LogP contribution in [0.4, 0.5) is 17.5 Å². The lowest BCUT2D eigenvalue weighted by molar-refractivity contribution is 0.0831. The predicted octanol–water partition coefficient (Wildman–Crippen LogP) is 3.69. The molecule has 36 heavy (non-hydrogen) atoms. The van der Waals surface area contributed by atoms with Crippen molar-refractivity contribution in [3.8, 4) is 0 Å². The van der Waals surface area contributed by atoms with Gasteiger partial charge in [-0.05, 0) is 37.4 Å². The van der Waals surface area contributed by atoms with Crippen molar-refractivity contribution in [2.24, 2.45) is 0 Å². The number of carbonyl (C=O) groups is 1. The summed E-state index contributed by atoms with van der Waals surface area (Å²) >= 11 is 1.50. The summed E-state index contributed by atoms with van der Waals surface area (Å²) in [7, 11) is 3.60. The highest BCUT2D eigenvalue weighted by Crippen LogP contribution is 2.43. The van der Waals surface area contributed by atoms with Crippen LogP contribution in [-0.2, 0) is 0 Å². The smallest absolute Gasteiger partial charge is 0.263 e. The number of fused-ring (bicyclic) bond motifs is 1. The normalized spacial score (nSPS) is 19.2. The topological polar surface area (TPSA) is 97.7 Å². The third-order valence-corrected chi connectivity index (χ3v) is 8.52. The predicted molar refractivity (Wildman–Crippen MR) is 144 cm³/mol. The standard InChI is InChI=1S/C26H35N7O2S/c1-4-32-11-12-33(15-19(32)16-34)18-9-10-21(27-13-18)29-26-28-14-20-23(30-26)22(17-7-5-6-8-17)24(36-20)25(35)31(2)3/h9-10,13-14,17,19,34H,4-8,11-12,15-16H2,1-3H3,(H,27,28,29,30)/t19-/m0/s1. The van der Waals surface area contributed by atoms with E-state index in [2.05, 4.69) is 32.0 Å². The fourth-order valence-electron chi connectivity index (χ4n) is 5.40. The third kappa shape index (κ3) is 4.89. The molecule has 1 aliphatic carbocycles. The van der Waals surface area contributed by atoms with Gasteiger partial charge in [0.1, 0.15) is 5.82 Å². The summed E-state index contributed by atoms with van der Waals surface area (Å²) in [5, 5.41) is 13.0. The van der Waals surface area contributed by atoms with Gasteiger partial charge in [0.05, 0.1) is 45.8 Å². The summed E-state index contributed by atoms with van der Waals surface area (Å²) in [4.78, 5) is 34.0. The van der Waals surface area contributed by atoms with E-state index in [1.54, 1.807) is 19.0 Å². The largest absolute Gasteiger partial charge is 0.395 e. The molecule has 0 spiro atoms. The van der Waals surface area contributed by atoms with Crippen molar-refractivity contribution in [3.05, 3.63) is 35.0 Å². The Morgan fingerprint density at radius 2 is 2.00 bits per heavy atom. The second-order valence-electron chi connectivity index (χ2n) is 9.87. The second kappa shape index (κ2) is 10.7. The molecule has 0 aromatic carbocycles. The molecule has 1 aliphatic heterocycles. The van der Waals surface area contributed by atoms with Gasteiger partial charge in [0.15, 0.2) is 0 Å². The van der Waals surface area contributed by atoms with Gasteiger partial charge < -0.3 is 20.2 Å². The molecule has 4 heterocycles. The number of likely N-dealkylation sites (N-methyl/N-ethyl adjacent to an activating group) is 1. The molecule has 10 heteroatoms. The number of nitrogens with one attached hydrogen (secondary N) is 1. The fourth-order valence-corrected chi connectivity index (χ4v) is 6.63. The van der Waals surface area contributed by atoms with Crippen molar-refractivity contribution in [3.63, 3.8) is 0 Å². The van der Waals surface area contributed by atoms with E-state index in [1.165, 1.54) is 24.2 Å². The van der Waals surface area contributed by atoms with Crippen LogP contribution in [0.2, 0.25) is 0 Å². The Morgan fingerprint density at radius 1 is 1.19 bits per heavy atom. The first-order valence-corrected chi connectivity index (χ1v) is 13.6. The number of aromatic nitrogens is 3. The summed E-state index contributed by atoms with van der Waals surface area (Å²) in [6.45, 7) is 5.86. The van der Waals surface area contributed by atoms with Crippen LogP contribution in [0.1, 0.15) is 53.8 Å². The molecule has 2 aliphatic rings. The van der Waals surface area contributed by atoms with Crippen molar-refractivity contribution in [2.75, 3.05) is 57.1 Å². The highest BCUT2D eigenvalue weighted by molar-refractivity contribution is 7.21. The van der Waals surface area contributed by atoms with E-state index in [0.29, 0.717) is 17.7 Å². The van der Waals surface area contributed by atoms with E-state index >= 15 is 0 Å². The molecule has 192 valence electrons. The minimum Gasteiger partial charge on any atom is -0.395 e. The van der Waals surface area contributed by atoms with E-state index in [9.17, 15) is 9.90 Å². The number of piperazine rings is 1. The van der Waals surface area contributed by atoms with Gasteiger partial charge in [0.25, 0.3) is 5.91 Å². The number of hydrogen-bond acceptors (Lipinski definition) is 9. The van der Waals surface area contributed by atoms with Crippen LogP contribution in [0.15, 0.2) is 24.5 Å². The van der Waals surface area contributed by atoms with Gasteiger partial charge in [-0.15, -0.1) is 11.3 Å². The molecule has 1 atom stereocenters. The van der Waals surface area contributed by atoms with Crippen LogP contribution in [0.25, 0.3) is 10.2 Å². The second-order valence-corrected chi connectivity index (χ2v) is 10.9. The third-order valence-electron chi connectivity index (χ3n) is 7.41. The van der Waals surface area contributed by atoms with Crippen LogP contribution in [-0.4, -0.2) is 88.7 Å². The van der Waals surface area contributed by atoms with Crippen LogP contribution in [0, 0.1) is 0 Å². The molecule has 2 N–H and O–H groups in total. The summed E-state index contributed by atoms with van der Waals surface area (Å²) in [5.74, 6) is 1.57. The minimum absolute atomic E-state index is 0.0369. The van der Waals surface area contributed by atoms with E-state index in [0.717, 1.165) is 65.4 Å². The minimum atomic E-state index is 0.0369. The summed E-state index contributed by atoms with van der Waals surface area (Å²) in [6.07, 6.45) is 8.25. The van der Waals surface area contributed by atoms with Gasteiger partial charge in [0, 0.05) is 39.3 Å². The van der Waals surface area contributed by atoms with Gasteiger partial charge in [-0.3, -0.25) is 9.69 Å². The number of aliphatic hydroxyl groups is 1. The van der Waals surface area contributed by atoms with E-state index < -0.39 is 0 Å². The molecule has 5 rings (SSSR count). The molecular weight excluding hydrogens is 474 g/mol. The lowest BCUT2D eigenvalue weighted by Crippen LogP contribution is -2.54.